The minimum atomic E-state index is -0.748. The molecular formula is C13H23N5O2S. The molecule has 1 saturated carbocycles. The van der Waals surface area contributed by atoms with Crippen molar-refractivity contribution >= 4 is 17.7 Å². The van der Waals surface area contributed by atoms with Gasteiger partial charge in [0.1, 0.15) is 0 Å². The standard InChI is InChI=1S/C13H23N5O2S/c1-4-15-13(3,10(14)19)7-8(2)21-12-17-16-11(20)18(12)9-5-6-9/h8-9,15H,4-7H2,1-3H3,(H2,14,19)(H,16,20). The van der Waals surface area contributed by atoms with Crippen LogP contribution in [0.2, 0.25) is 0 Å². The zero-order valence-electron chi connectivity index (χ0n) is 12.7. The van der Waals surface area contributed by atoms with Crippen LogP contribution in [0, 0.1) is 0 Å². The van der Waals surface area contributed by atoms with Crippen LogP contribution in [0.25, 0.3) is 0 Å². The summed E-state index contributed by atoms with van der Waals surface area (Å²) in [7, 11) is 0. The molecule has 0 aliphatic heterocycles. The molecule has 2 unspecified atom stereocenters. The van der Waals surface area contributed by atoms with E-state index in [2.05, 4.69) is 15.5 Å². The van der Waals surface area contributed by atoms with Crippen LogP contribution < -0.4 is 16.7 Å². The monoisotopic (exact) mass is 313 g/mol. The van der Waals surface area contributed by atoms with Crippen molar-refractivity contribution in [2.45, 2.75) is 62.0 Å². The van der Waals surface area contributed by atoms with Crippen molar-refractivity contribution < 1.29 is 4.79 Å². The van der Waals surface area contributed by atoms with Gasteiger partial charge >= 0.3 is 5.69 Å². The van der Waals surface area contributed by atoms with Crippen LogP contribution in [-0.4, -0.2) is 38.0 Å². The quantitative estimate of drug-likeness (QED) is 0.610. The molecule has 0 bridgehead atoms. The number of rotatable bonds is 8. The van der Waals surface area contributed by atoms with Crippen LogP contribution in [0.4, 0.5) is 0 Å². The predicted molar refractivity (Wildman–Crippen MR) is 82.3 cm³/mol. The first-order valence-electron chi connectivity index (χ1n) is 7.26. The number of aromatic amines is 1. The maximum atomic E-state index is 11.7. The molecule has 1 heterocycles. The Morgan fingerprint density at radius 1 is 1.67 bits per heavy atom. The molecule has 8 heteroatoms. The third-order valence-electron chi connectivity index (χ3n) is 3.70. The van der Waals surface area contributed by atoms with Crippen molar-refractivity contribution in [3.8, 4) is 0 Å². The fourth-order valence-electron chi connectivity index (χ4n) is 2.47. The Balaban J connectivity index is 2.06. The summed E-state index contributed by atoms with van der Waals surface area (Å²) in [5.74, 6) is -0.363. The number of nitrogens with zero attached hydrogens (tertiary/aromatic N) is 2. The summed E-state index contributed by atoms with van der Waals surface area (Å²) >= 11 is 1.50. The first-order chi connectivity index (χ1) is 9.87. The van der Waals surface area contributed by atoms with Crippen molar-refractivity contribution in [1.82, 2.24) is 20.1 Å². The van der Waals surface area contributed by atoms with Gasteiger partial charge in [0.2, 0.25) is 5.91 Å². The largest absolute Gasteiger partial charge is 0.368 e. The maximum Gasteiger partial charge on any atom is 0.344 e. The molecule has 4 N–H and O–H groups in total. The third kappa shape index (κ3) is 3.68. The van der Waals surface area contributed by atoms with Crippen LogP contribution in [0.15, 0.2) is 9.95 Å². The molecule has 118 valence electrons. The molecule has 0 radical (unpaired) electrons. The van der Waals surface area contributed by atoms with Crippen molar-refractivity contribution in [3.63, 3.8) is 0 Å². The highest BCUT2D eigenvalue weighted by molar-refractivity contribution is 7.99. The lowest BCUT2D eigenvalue weighted by molar-refractivity contribution is -0.124. The smallest absolute Gasteiger partial charge is 0.344 e. The molecule has 0 aromatic carbocycles. The van der Waals surface area contributed by atoms with Gasteiger partial charge < -0.3 is 11.1 Å². The average Bonchev–Trinajstić information content (AvgIpc) is 3.15. The number of likely N-dealkylation sites (N-methyl/N-ethyl adjacent to an activating group) is 1. The molecule has 0 spiro atoms. The Morgan fingerprint density at radius 2 is 2.33 bits per heavy atom. The second-order valence-electron chi connectivity index (χ2n) is 5.77. The number of hydrogen-bond acceptors (Lipinski definition) is 5. The second kappa shape index (κ2) is 6.23. The van der Waals surface area contributed by atoms with Crippen molar-refractivity contribution in [2.24, 2.45) is 5.73 Å². The number of thioether (sulfide) groups is 1. The van der Waals surface area contributed by atoms with Crippen molar-refractivity contribution in [1.29, 1.82) is 0 Å². The summed E-state index contributed by atoms with van der Waals surface area (Å²) < 4.78 is 1.72. The zero-order valence-corrected chi connectivity index (χ0v) is 13.5. The number of carbonyl (C=O) groups excluding carboxylic acids is 1. The van der Waals surface area contributed by atoms with Crippen LogP contribution in [-0.2, 0) is 4.79 Å². The Kier molecular flexibility index (Phi) is 4.77. The van der Waals surface area contributed by atoms with Crippen LogP contribution >= 0.6 is 11.8 Å². The molecule has 7 nitrogen and oxygen atoms in total. The molecule has 0 saturated heterocycles. The molecule has 21 heavy (non-hydrogen) atoms. The van der Waals surface area contributed by atoms with Gasteiger partial charge in [-0.1, -0.05) is 25.6 Å². The Morgan fingerprint density at radius 3 is 2.86 bits per heavy atom. The summed E-state index contributed by atoms with van der Waals surface area (Å²) in [5, 5.41) is 10.5. The number of aromatic nitrogens is 3. The van der Waals surface area contributed by atoms with Gasteiger partial charge in [0.15, 0.2) is 5.16 Å². The molecule has 1 aliphatic rings. The highest BCUT2D eigenvalue weighted by Crippen LogP contribution is 2.37. The van der Waals surface area contributed by atoms with E-state index in [1.54, 1.807) is 4.57 Å². The highest BCUT2D eigenvalue weighted by atomic mass is 32.2. The Labute approximate surface area is 128 Å². The average molecular weight is 313 g/mol. The van der Waals surface area contributed by atoms with Gasteiger partial charge in [-0.2, -0.15) is 0 Å². The van der Waals surface area contributed by atoms with E-state index in [9.17, 15) is 9.59 Å². The Bertz CT molecular complexity index is 565. The maximum absolute atomic E-state index is 11.7. The number of nitrogens with one attached hydrogen (secondary N) is 2. The molecule has 2 rings (SSSR count). The van der Waals surface area contributed by atoms with E-state index in [0.29, 0.717) is 18.1 Å². The van der Waals surface area contributed by atoms with Gasteiger partial charge in [0.05, 0.1) is 5.54 Å². The molecule has 1 aliphatic carbocycles. The molecular weight excluding hydrogens is 290 g/mol. The molecule has 1 fully saturated rings. The zero-order chi connectivity index (χ0) is 15.6. The van der Waals surface area contributed by atoms with Gasteiger partial charge in [0.25, 0.3) is 0 Å². The topological polar surface area (TPSA) is 106 Å². The van der Waals surface area contributed by atoms with E-state index >= 15 is 0 Å². The number of hydrogen-bond donors (Lipinski definition) is 3. The lowest BCUT2D eigenvalue weighted by Crippen LogP contribution is -2.54. The number of H-pyrrole nitrogens is 1. The van der Waals surface area contributed by atoms with Crippen molar-refractivity contribution in [3.05, 3.63) is 10.5 Å². The van der Waals surface area contributed by atoms with E-state index in [0.717, 1.165) is 12.8 Å². The summed E-state index contributed by atoms with van der Waals surface area (Å²) in [5.41, 5.74) is 4.60. The fourth-order valence-corrected chi connectivity index (χ4v) is 3.70. The fraction of sp³-hybridized carbons (Fsp3) is 0.769. The van der Waals surface area contributed by atoms with E-state index in [4.69, 9.17) is 5.73 Å². The predicted octanol–water partition coefficient (Wildman–Crippen LogP) is 0.631. The number of carbonyl (C=O) groups is 1. The minimum absolute atomic E-state index is 0.106. The van der Waals surface area contributed by atoms with E-state index < -0.39 is 5.54 Å². The number of nitrogens with two attached hydrogens (primary N) is 1. The summed E-state index contributed by atoms with van der Waals surface area (Å²) in [6.07, 6.45) is 2.63. The normalized spacial score (nSPS) is 19.2. The summed E-state index contributed by atoms with van der Waals surface area (Å²) in [4.78, 5) is 23.4. The minimum Gasteiger partial charge on any atom is -0.368 e. The highest BCUT2D eigenvalue weighted by Gasteiger charge is 2.34. The van der Waals surface area contributed by atoms with E-state index in [-0.39, 0.29) is 22.9 Å². The SMILES string of the molecule is CCNC(C)(CC(C)Sc1n[nH]c(=O)n1C1CC1)C(N)=O. The summed E-state index contributed by atoms with van der Waals surface area (Å²) in [6, 6.07) is 0.280. The van der Waals surface area contributed by atoms with Gasteiger partial charge in [-0.3, -0.25) is 9.36 Å². The molecule has 1 aromatic rings. The van der Waals surface area contributed by atoms with Gasteiger partial charge in [-0.15, -0.1) is 5.10 Å². The van der Waals surface area contributed by atoms with Gasteiger partial charge in [-0.05, 0) is 32.7 Å². The lowest BCUT2D eigenvalue weighted by atomic mass is 9.95. The number of amides is 1. The molecule has 2 atom stereocenters. The Hall–Kier alpha value is -1.28. The van der Waals surface area contributed by atoms with E-state index in [1.165, 1.54) is 11.8 Å². The van der Waals surface area contributed by atoms with E-state index in [1.807, 2.05) is 20.8 Å². The molecule has 1 amide bonds. The number of primary amides is 1. The van der Waals surface area contributed by atoms with Gasteiger partial charge in [-0.25, -0.2) is 9.89 Å². The van der Waals surface area contributed by atoms with Gasteiger partial charge in [0, 0.05) is 11.3 Å². The first kappa shape index (κ1) is 16.1. The van der Waals surface area contributed by atoms with Crippen LogP contribution in [0.1, 0.15) is 46.1 Å². The summed E-state index contributed by atoms with van der Waals surface area (Å²) in [6.45, 7) is 6.44. The molecule has 1 aromatic heterocycles. The van der Waals surface area contributed by atoms with Crippen molar-refractivity contribution in [2.75, 3.05) is 6.54 Å². The lowest BCUT2D eigenvalue weighted by Gasteiger charge is -2.29. The first-order valence-corrected chi connectivity index (χ1v) is 8.14. The third-order valence-corrected chi connectivity index (χ3v) is 4.77. The van der Waals surface area contributed by atoms with Crippen LogP contribution in [0.5, 0.6) is 0 Å². The van der Waals surface area contributed by atoms with Crippen LogP contribution in [0.3, 0.4) is 0 Å². The second-order valence-corrected chi connectivity index (χ2v) is 7.18.